The average molecular weight is 275 g/mol. The van der Waals surface area contributed by atoms with Crippen LogP contribution >= 0.6 is 0 Å². The van der Waals surface area contributed by atoms with Gasteiger partial charge in [0.25, 0.3) is 0 Å². The van der Waals surface area contributed by atoms with Crippen LogP contribution in [0.2, 0.25) is 0 Å². The van der Waals surface area contributed by atoms with Gasteiger partial charge in [0.15, 0.2) is 0 Å². The summed E-state index contributed by atoms with van der Waals surface area (Å²) in [6, 6.07) is 0. The van der Waals surface area contributed by atoms with Crippen LogP contribution in [0.25, 0.3) is 0 Å². The van der Waals surface area contributed by atoms with Crippen molar-refractivity contribution in [1.29, 1.82) is 0 Å². The Bertz CT molecular complexity index is 8.04. The second-order valence-electron chi connectivity index (χ2n) is 0. The third-order valence-corrected chi connectivity index (χ3v) is 0. The Kier molecular flexibility index (Phi) is 9360. The molecule has 0 bridgehead atoms. The molecule has 40 valence electrons. The van der Waals surface area contributed by atoms with Crippen LogP contribution < -0.4 is 23.5 Å². The summed E-state index contributed by atoms with van der Waals surface area (Å²) in [6.45, 7) is 0. The standard InChI is InChI=1S/5FH.In.Zn/h5*1H;;/q;;;;;+3;+2/p-5. The first-order valence-electron chi connectivity index (χ1n) is 0. The van der Waals surface area contributed by atoms with Crippen molar-refractivity contribution in [2.75, 3.05) is 0 Å². The Morgan fingerprint density at radius 3 is 0.429 bits per heavy atom. The molecule has 0 rings (SSSR count). The van der Waals surface area contributed by atoms with E-state index in [4.69, 9.17) is 0 Å². The van der Waals surface area contributed by atoms with Gasteiger partial charge in [0.1, 0.15) is 0 Å². The maximum absolute atomic E-state index is 0. The fraction of sp³-hybridized carbons (Fsp3) is 0. The molecule has 0 heterocycles. The van der Waals surface area contributed by atoms with E-state index in [1.807, 2.05) is 0 Å². The van der Waals surface area contributed by atoms with Crippen molar-refractivity contribution in [1.82, 2.24) is 0 Å². The van der Waals surface area contributed by atoms with Gasteiger partial charge in [0, 0.05) is 0 Å². The number of hydrogen-bond acceptors (Lipinski definition) is 0. The molecule has 0 aliphatic carbocycles. The van der Waals surface area contributed by atoms with Gasteiger partial charge < -0.3 is 23.5 Å². The second-order valence-corrected chi connectivity index (χ2v) is 0. The van der Waals surface area contributed by atoms with Crippen LogP contribution in [0.1, 0.15) is 0 Å². The van der Waals surface area contributed by atoms with Crippen LogP contribution in [-0.4, -0.2) is 25.8 Å². The zero-order valence-electron chi connectivity index (χ0n) is 3.17. The van der Waals surface area contributed by atoms with Gasteiger partial charge >= 0.3 is 45.3 Å². The zero-order valence-corrected chi connectivity index (χ0v) is 9.44. The first-order valence-corrected chi connectivity index (χ1v) is 0. The number of hydrogen-bond donors (Lipinski definition) is 0. The van der Waals surface area contributed by atoms with Crippen molar-refractivity contribution in [3.05, 3.63) is 0 Å². The molecule has 0 saturated heterocycles. The molecular weight excluding hydrogens is 275 g/mol. The first kappa shape index (κ1) is 318. The topological polar surface area (TPSA) is 0 Å². The monoisotopic (exact) mass is 274 g/mol. The quantitative estimate of drug-likeness (QED) is 0.304. The summed E-state index contributed by atoms with van der Waals surface area (Å²) in [6.07, 6.45) is 0. The van der Waals surface area contributed by atoms with Crippen molar-refractivity contribution in [2.45, 2.75) is 0 Å². The summed E-state index contributed by atoms with van der Waals surface area (Å²) in [7, 11) is 0. The Morgan fingerprint density at radius 1 is 0.429 bits per heavy atom. The fourth-order valence-corrected chi connectivity index (χ4v) is 0. The van der Waals surface area contributed by atoms with Gasteiger partial charge in [0.05, 0.1) is 0 Å². The van der Waals surface area contributed by atoms with Crippen molar-refractivity contribution in [2.24, 2.45) is 0 Å². The van der Waals surface area contributed by atoms with E-state index in [1.54, 1.807) is 0 Å². The largest absolute Gasteiger partial charge is 3.00 e. The molecule has 0 saturated carbocycles. The Labute approximate surface area is 68.8 Å². The molecule has 0 radical (unpaired) electrons. The Hall–Kier alpha value is 1.14. The van der Waals surface area contributed by atoms with Crippen LogP contribution in [0, 0.1) is 0 Å². The van der Waals surface area contributed by atoms with Crippen LogP contribution in [0.4, 0.5) is 0 Å². The SMILES string of the molecule is [F-].[F-].[F-].[F-].[F-].[In+3].[Zn+2]. The molecule has 7 heavy (non-hydrogen) atoms. The molecular formula is F5InZn. The molecule has 0 atom stereocenters. The minimum absolute atomic E-state index is 0. The molecule has 0 N–H and O–H groups in total. The molecule has 0 nitrogen and oxygen atoms in total. The van der Waals surface area contributed by atoms with Crippen LogP contribution in [0.5, 0.6) is 0 Å². The van der Waals surface area contributed by atoms with E-state index in [1.165, 1.54) is 0 Å². The van der Waals surface area contributed by atoms with Gasteiger partial charge in [0.2, 0.25) is 0 Å². The van der Waals surface area contributed by atoms with Gasteiger partial charge in [-0.3, -0.25) is 0 Å². The van der Waals surface area contributed by atoms with Gasteiger partial charge in [-0.25, -0.2) is 0 Å². The molecule has 7 heteroatoms. The van der Waals surface area contributed by atoms with Gasteiger partial charge in [-0.2, -0.15) is 0 Å². The van der Waals surface area contributed by atoms with E-state index in [2.05, 4.69) is 0 Å². The molecule has 0 aromatic rings. The molecule has 0 aromatic carbocycles. The van der Waals surface area contributed by atoms with E-state index < -0.39 is 0 Å². The van der Waals surface area contributed by atoms with E-state index in [0.29, 0.717) is 0 Å². The van der Waals surface area contributed by atoms with E-state index in [9.17, 15) is 0 Å². The third-order valence-electron chi connectivity index (χ3n) is 0. The minimum atomic E-state index is 0. The van der Waals surface area contributed by atoms with E-state index >= 15 is 0 Å². The van der Waals surface area contributed by atoms with E-state index in [0.717, 1.165) is 0 Å². The first-order chi connectivity index (χ1) is 0. The maximum Gasteiger partial charge on any atom is 3.00 e. The van der Waals surface area contributed by atoms with Crippen LogP contribution in [0.15, 0.2) is 0 Å². The molecule has 0 spiro atoms. The second kappa shape index (κ2) is 206. The fourth-order valence-electron chi connectivity index (χ4n) is 0. The van der Waals surface area contributed by atoms with Gasteiger partial charge in [-0.05, 0) is 0 Å². The summed E-state index contributed by atoms with van der Waals surface area (Å²) in [5.74, 6) is 0. The summed E-state index contributed by atoms with van der Waals surface area (Å²) in [4.78, 5) is 0. The molecule has 0 aromatic heterocycles. The summed E-state index contributed by atoms with van der Waals surface area (Å²) in [5, 5.41) is 0. The molecule has 0 aliphatic heterocycles. The van der Waals surface area contributed by atoms with Crippen molar-refractivity contribution >= 4 is 25.8 Å². The van der Waals surface area contributed by atoms with Crippen LogP contribution in [-0.2, 0) is 19.5 Å². The van der Waals surface area contributed by atoms with Gasteiger partial charge in [-0.1, -0.05) is 0 Å². The summed E-state index contributed by atoms with van der Waals surface area (Å²) < 4.78 is 0. The van der Waals surface area contributed by atoms with Crippen LogP contribution in [0.3, 0.4) is 0 Å². The zero-order chi connectivity index (χ0) is 0. The predicted molar refractivity (Wildman–Crippen MR) is 5.75 cm³/mol. The summed E-state index contributed by atoms with van der Waals surface area (Å²) in [5.41, 5.74) is 0. The smallest absolute Gasteiger partial charge is 1.00 e. The van der Waals surface area contributed by atoms with Gasteiger partial charge in [-0.15, -0.1) is 0 Å². The Balaban J connectivity index is 0. The third kappa shape index (κ3) is 145. The molecule has 0 fully saturated rings. The summed E-state index contributed by atoms with van der Waals surface area (Å²) >= 11 is 0. The Morgan fingerprint density at radius 2 is 0.429 bits per heavy atom. The minimum Gasteiger partial charge on any atom is -1.00 e. The molecule has 0 unspecified atom stereocenters. The van der Waals surface area contributed by atoms with Crippen molar-refractivity contribution in [3.63, 3.8) is 0 Å². The normalized spacial score (nSPS) is 0. The predicted octanol–water partition coefficient (Wildman–Crippen LogP) is -15.4. The van der Waals surface area contributed by atoms with Crippen molar-refractivity contribution in [3.8, 4) is 0 Å². The number of halogens is 5. The maximum atomic E-state index is 0. The number of rotatable bonds is 0. The average Bonchev–Trinajstić information content (AvgIpc) is 0. The van der Waals surface area contributed by atoms with E-state index in [-0.39, 0.29) is 68.8 Å². The van der Waals surface area contributed by atoms with Crippen molar-refractivity contribution < 1.29 is 43.0 Å². The molecule has 0 amide bonds. The molecule has 0 aliphatic rings.